The van der Waals surface area contributed by atoms with Crippen molar-refractivity contribution >= 4 is 44.4 Å². The van der Waals surface area contributed by atoms with Crippen LogP contribution in [0.5, 0.6) is 0 Å². The minimum absolute atomic E-state index is 0.0275. The zero-order chi connectivity index (χ0) is 41.0. The number of benzene rings is 5. The summed E-state index contributed by atoms with van der Waals surface area (Å²) in [6.07, 6.45) is 0. The molecule has 7 aromatic rings. The van der Waals surface area contributed by atoms with E-state index in [4.69, 9.17) is 20.0 Å². The van der Waals surface area contributed by atoms with Crippen LogP contribution in [0.25, 0.3) is 44.4 Å². The highest BCUT2D eigenvalue weighted by molar-refractivity contribution is 8.16. The third-order valence-electron chi connectivity index (χ3n) is 13.5. The molecule has 0 bridgehead atoms. The molecule has 10 rings (SSSR count). The number of hydrogen-bond acceptors (Lipinski definition) is 6. The van der Waals surface area contributed by atoms with Crippen LogP contribution in [0, 0.1) is 0 Å². The van der Waals surface area contributed by atoms with Gasteiger partial charge < -0.3 is 0 Å². The topological polar surface area (TPSA) is 50.5 Å². The molecule has 3 aliphatic rings. The van der Waals surface area contributed by atoms with Gasteiger partial charge in [-0.15, -0.1) is 0 Å². The van der Waals surface area contributed by atoms with Gasteiger partial charge in [-0.1, -0.05) is 133 Å². The number of thioether (sulfide) groups is 2. The van der Waals surface area contributed by atoms with Crippen LogP contribution < -0.4 is 0 Å². The summed E-state index contributed by atoms with van der Waals surface area (Å²) in [6, 6.07) is 53.2. The van der Waals surface area contributed by atoms with E-state index in [9.17, 15) is 0 Å². The number of nitrogens with zero attached hydrogens (tertiary/aromatic N) is 4. The summed E-state index contributed by atoms with van der Waals surface area (Å²) in [5.74, 6) is 0. The Morgan fingerprint density at radius 2 is 0.898 bits per heavy atom. The van der Waals surface area contributed by atoms with Crippen molar-refractivity contribution in [1.29, 1.82) is 0 Å². The average molecular weight is 805 g/mol. The highest BCUT2D eigenvalue weighted by Crippen LogP contribution is 2.59. The quantitative estimate of drug-likeness (QED) is 0.168. The smallest absolute Gasteiger partial charge is 0.117 e. The van der Waals surface area contributed by atoms with Crippen LogP contribution in [0.4, 0.5) is 0 Å². The van der Waals surface area contributed by atoms with Gasteiger partial charge in [0.2, 0.25) is 0 Å². The Balaban J connectivity index is 1.22. The van der Waals surface area contributed by atoms with Gasteiger partial charge in [0.25, 0.3) is 0 Å². The second kappa shape index (κ2) is 13.4. The molecular weight excluding hydrogens is 757 g/mol. The molecule has 0 spiro atoms. The first-order valence-electron chi connectivity index (χ1n) is 20.6. The summed E-state index contributed by atoms with van der Waals surface area (Å²) in [6.45, 7) is 18.0. The van der Waals surface area contributed by atoms with Crippen molar-refractivity contribution in [3.63, 3.8) is 0 Å². The summed E-state index contributed by atoms with van der Waals surface area (Å²) in [4.78, 5) is 21.1. The molecule has 0 saturated carbocycles. The van der Waals surface area contributed by atoms with E-state index in [0.717, 1.165) is 44.0 Å². The van der Waals surface area contributed by atoms with Crippen LogP contribution in [-0.2, 0) is 5.41 Å². The van der Waals surface area contributed by atoms with Crippen molar-refractivity contribution < 1.29 is 0 Å². The molecule has 5 aromatic carbocycles. The lowest BCUT2D eigenvalue weighted by Gasteiger charge is -2.34. The van der Waals surface area contributed by atoms with Gasteiger partial charge in [0.15, 0.2) is 0 Å². The average Bonchev–Trinajstić information content (AvgIpc) is 3.75. The fourth-order valence-electron chi connectivity index (χ4n) is 8.91. The van der Waals surface area contributed by atoms with Gasteiger partial charge >= 0.3 is 0 Å². The molecule has 0 amide bonds. The predicted octanol–water partition coefficient (Wildman–Crippen LogP) is 13.4. The monoisotopic (exact) mass is 804 g/mol. The summed E-state index contributed by atoms with van der Waals surface area (Å²) in [7, 11) is 0. The summed E-state index contributed by atoms with van der Waals surface area (Å²) in [5.41, 5.74) is 12.3. The molecule has 0 fully saturated rings. The molecule has 6 heteroatoms. The molecule has 4 nitrogen and oxygen atoms in total. The van der Waals surface area contributed by atoms with E-state index in [0.29, 0.717) is 0 Å². The van der Waals surface area contributed by atoms with Gasteiger partial charge in [-0.3, -0.25) is 9.98 Å². The maximum atomic E-state index is 5.42. The van der Waals surface area contributed by atoms with Crippen molar-refractivity contribution in [2.45, 2.75) is 81.4 Å². The third-order valence-corrected chi connectivity index (χ3v) is 16.5. The van der Waals surface area contributed by atoms with Gasteiger partial charge in [0.1, 0.15) is 10.1 Å². The minimum atomic E-state index is -0.629. The Bertz CT molecular complexity index is 2850. The van der Waals surface area contributed by atoms with E-state index in [1.54, 1.807) is 0 Å². The second-order valence-corrected chi connectivity index (χ2v) is 21.4. The molecule has 0 N–H and O–H groups in total. The minimum Gasteiger partial charge on any atom is -0.269 e. The van der Waals surface area contributed by atoms with Crippen molar-refractivity contribution in [3.8, 4) is 33.6 Å². The number of aliphatic imine (C=N–C) groups is 2. The highest BCUT2D eigenvalue weighted by atomic mass is 32.2. The number of pyridine rings is 2. The zero-order valence-electron chi connectivity index (χ0n) is 35.0. The summed E-state index contributed by atoms with van der Waals surface area (Å²) in [5, 5.41) is 4.39. The Kier molecular flexibility index (Phi) is 8.59. The van der Waals surface area contributed by atoms with E-state index in [2.05, 4.69) is 201 Å². The van der Waals surface area contributed by atoms with Crippen molar-refractivity contribution in [2.75, 3.05) is 0 Å². The van der Waals surface area contributed by atoms with Crippen LogP contribution in [0.15, 0.2) is 156 Å². The fraction of sp³-hybridized carbons (Fsp3) is 0.245. The summed E-state index contributed by atoms with van der Waals surface area (Å²) >= 11 is 3.64. The van der Waals surface area contributed by atoms with Gasteiger partial charge in [0.05, 0.1) is 39.3 Å². The molecule has 292 valence electrons. The Morgan fingerprint density at radius 3 is 1.44 bits per heavy atom. The molecule has 0 unspecified atom stereocenters. The van der Waals surface area contributed by atoms with Crippen LogP contribution in [0.3, 0.4) is 0 Å². The van der Waals surface area contributed by atoms with E-state index >= 15 is 0 Å². The van der Waals surface area contributed by atoms with E-state index < -0.39 is 5.41 Å². The lowest BCUT2D eigenvalue weighted by molar-refractivity contribution is 0.426. The lowest BCUT2D eigenvalue weighted by Crippen LogP contribution is -2.36. The largest absolute Gasteiger partial charge is 0.269 e. The predicted molar refractivity (Wildman–Crippen MR) is 252 cm³/mol. The first kappa shape index (κ1) is 37.9. The van der Waals surface area contributed by atoms with Crippen LogP contribution >= 0.6 is 23.5 Å². The molecule has 1 aliphatic carbocycles. The lowest BCUT2D eigenvalue weighted by atomic mass is 9.67. The van der Waals surface area contributed by atoms with Gasteiger partial charge in [-0.05, 0) is 136 Å². The standard InChI is InChI=1S/C53H48N4S2/c1-49(2)51(5,6)58-47(56-49)44-27-17-25-42(54-44)33-29-30-38-40(31-33)53(34-19-11-9-12-20-34,35-21-13-10-14-22-35)41-32-39(36-23-15-16-24-37(36)46(38)41)43-26-18-28-45(55-43)48-57-50(3,4)52(7,8)59-48/h9-32H,1-8H3. The third kappa shape index (κ3) is 5.81. The molecule has 0 atom stereocenters. The maximum absolute atomic E-state index is 5.42. The molecule has 4 heterocycles. The maximum Gasteiger partial charge on any atom is 0.117 e. The zero-order valence-corrected chi connectivity index (χ0v) is 36.6. The van der Waals surface area contributed by atoms with Crippen molar-refractivity contribution in [1.82, 2.24) is 9.97 Å². The normalized spacial score (nSPS) is 18.9. The molecule has 2 aromatic heterocycles. The highest BCUT2D eigenvalue weighted by Gasteiger charge is 2.48. The fourth-order valence-corrected chi connectivity index (χ4v) is 11.5. The van der Waals surface area contributed by atoms with Crippen LogP contribution in [-0.4, -0.2) is 40.6 Å². The number of hydrogen-bond donors (Lipinski definition) is 0. The summed E-state index contributed by atoms with van der Waals surface area (Å²) < 4.78 is -0.0650. The molecule has 2 aliphatic heterocycles. The molecule has 0 radical (unpaired) electrons. The van der Waals surface area contributed by atoms with Crippen molar-refractivity contribution in [2.24, 2.45) is 9.98 Å². The van der Waals surface area contributed by atoms with Crippen LogP contribution in [0.2, 0.25) is 0 Å². The molecule has 59 heavy (non-hydrogen) atoms. The van der Waals surface area contributed by atoms with Gasteiger partial charge in [0, 0.05) is 20.6 Å². The Hall–Kier alpha value is -5.30. The van der Waals surface area contributed by atoms with E-state index in [-0.39, 0.29) is 20.6 Å². The van der Waals surface area contributed by atoms with Crippen LogP contribution in [0.1, 0.15) is 89.0 Å². The number of fused-ring (bicyclic) bond motifs is 5. The van der Waals surface area contributed by atoms with Crippen molar-refractivity contribution in [3.05, 3.63) is 179 Å². The first-order chi connectivity index (χ1) is 28.2. The van der Waals surface area contributed by atoms with Gasteiger partial charge in [-0.25, -0.2) is 9.97 Å². The number of aromatic nitrogens is 2. The second-order valence-electron chi connectivity index (χ2n) is 18.1. The molecular formula is C53H48N4S2. The SMILES string of the molecule is CC1(C)N=C(c2cccc(-c3ccc4c(c3)C(c3ccccc3)(c3ccccc3)c3cc(-c5cccc(C6=NC(C)(C)C(C)(C)S6)n5)c5ccccc5c3-4)n2)SC1(C)C. The molecule has 0 saturated heterocycles. The van der Waals surface area contributed by atoms with E-state index in [1.807, 2.05) is 23.5 Å². The Labute approximate surface area is 356 Å². The van der Waals surface area contributed by atoms with Gasteiger partial charge in [-0.2, -0.15) is 0 Å². The van der Waals surface area contributed by atoms with E-state index in [1.165, 1.54) is 44.2 Å². The first-order valence-corrected chi connectivity index (χ1v) is 22.2. The number of rotatable bonds is 6. The Morgan fingerprint density at radius 1 is 0.407 bits per heavy atom.